The number of hydrogen-bond donors (Lipinski definition) is 1. The van der Waals surface area contributed by atoms with E-state index in [4.69, 9.17) is 0 Å². The minimum atomic E-state index is 0.847. The Morgan fingerprint density at radius 2 is 2.21 bits per heavy atom. The zero-order chi connectivity index (χ0) is 9.80. The van der Waals surface area contributed by atoms with Crippen LogP contribution in [0.15, 0.2) is 0 Å². The first kappa shape index (κ1) is 9.58. The first-order valence-electron chi connectivity index (χ1n) is 5.30. The maximum absolute atomic E-state index is 3.94. The molecule has 0 radical (unpaired) electrons. The van der Waals surface area contributed by atoms with Gasteiger partial charge >= 0.3 is 0 Å². The largest absolute Gasteiger partial charge is 0.317 e. The number of piperidine rings is 1. The van der Waals surface area contributed by atoms with Crippen LogP contribution in [0.5, 0.6) is 0 Å². The molecule has 14 heavy (non-hydrogen) atoms. The molecule has 0 amide bonds. The van der Waals surface area contributed by atoms with Crippen molar-refractivity contribution < 1.29 is 0 Å². The zero-order valence-corrected chi connectivity index (χ0v) is 8.61. The molecule has 0 spiro atoms. The van der Waals surface area contributed by atoms with E-state index >= 15 is 0 Å². The van der Waals surface area contributed by atoms with E-state index in [2.05, 4.69) is 20.8 Å². The lowest BCUT2D eigenvalue weighted by Gasteiger charge is -2.22. The average Bonchev–Trinajstić information content (AvgIpc) is 2.63. The molecule has 0 bridgehead atoms. The van der Waals surface area contributed by atoms with Gasteiger partial charge in [-0.1, -0.05) is 0 Å². The van der Waals surface area contributed by atoms with E-state index in [0.29, 0.717) is 0 Å². The molecule has 0 saturated carbocycles. The average molecular weight is 195 g/mol. The van der Waals surface area contributed by atoms with Gasteiger partial charge in [-0.2, -0.15) is 0 Å². The predicted molar refractivity (Wildman–Crippen MR) is 52.8 cm³/mol. The summed E-state index contributed by atoms with van der Waals surface area (Å²) in [7, 11) is 0. The van der Waals surface area contributed by atoms with Crippen molar-refractivity contribution in [1.29, 1.82) is 0 Å². The van der Waals surface area contributed by atoms with Crippen molar-refractivity contribution in [3.05, 3.63) is 5.82 Å². The molecule has 1 saturated heterocycles. The van der Waals surface area contributed by atoms with E-state index in [9.17, 15) is 0 Å². The summed E-state index contributed by atoms with van der Waals surface area (Å²) in [6.07, 6.45) is 3.79. The lowest BCUT2D eigenvalue weighted by atomic mass is 9.95. The summed E-state index contributed by atoms with van der Waals surface area (Å²) >= 11 is 0. The maximum atomic E-state index is 3.94. The van der Waals surface area contributed by atoms with E-state index < -0.39 is 0 Å². The summed E-state index contributed by atoms with van der Waals surface area (Å²) < 4.78 is 1.89. The van der Waals surface area contributed by atoms with Crippen LogP contribution in [0.25, 0.3) is 0 Å². The number of hydrogen-bond acceptors (Lipinski definition) is 4. The van der Waals surface area contributed by atoms with Crippen LogP contribution in [0, 0.1) is 12.8 Å². The Kier molecular flexibility index (Phi) is 3.08. The van der Waals surface area contributed by atoms with E-state index in [1.165, 1.54) is 32.4 Å². The molecule has 1 aliphatic heterocycles. The highest BCUT2D eigenvalue weighted by Crippen LogP contribution is 2.16. The van der Waals surface area contributed by atoms with Crippen molar-refractivity contribution in [2.45, 2.75) is 32.7 Å². The van der Waals surface area contributed by atoms with Gasteiger partial charge < -0.3 is 5.32 Å². The second-order valence-electron chi connectivity index (χ2n) is 3.93. The summed E-state index contributed by atoms with van der Waals surface area (Å²) in [6.45, 7) is 5.24. The zero-order valence-electron chi connectivity index (χ0n) is 8.61. The Labute approximate surface area is 83.9 Å². The number of aryl methyl sites for hydroxylation is 2. The molecule has 1 fully saturated rings. The lowest BCUT2D eigenvalue weighted by Crippen LogP contribution is -2.28. The minimum Gasteiger partial charge on any atom is -0.317 e. The molecule has 1 N–H and O–H groups in total. The molecular weight excluding hydrogens is 178 g/mol. The van der Waals surface area contributed by atoms with Crippen LogP contribution < -0.4 is 5.32 Å². The van der Waals surface area contributed by atoms with E-state index in [1.807, 2.05) is 11.6 Å². The van der Waals surface area contributed by atoms with Gasteiger partial charge in [0, 0.05) is 6.54 Å². The molecule has 0 aliphatic carbocycles. The van der Waals surface area contributed by atoms with Crippen LogP contribution in [0.3, 0.4) is 0 Å². The molecule has 5 heteroatoms. The van der Waals surface area contributed by atoms with Crippen LogP contribution in [0.2, 0.25) is 0 Å². The van der Waals surface area contributed by atoms with Gasteiger partial charge in [-0.25, -0.2) is 4.68 Å². The highest BCUT2D eigenvalue weighted by molar-refractivity contribution is 4.74. The minimum absolute atomic E-state index is 0.847. The van der Waals surface area contributed by atoms with Crippen molar-refractivity contribution in [2.75, 3.05) is 13.1 Å². The van der Waals surface area contributed by atoms with Crippen LogP contribution in [-0.2, 0) is 6.54 Å². The second-order valence-corrected chi connectivity index (χ2v) is 3.93. The Hall–Kier alpha value is -0.970. The molecule has 2 rings (SSSR count). The molecule has 0 atom stereocenters. The molecule has 2 heterocycles. The molecule has 1 aromatic rings. The third kappa shape index (κ3) is 2.29. The van der Waals surface area contributed by atoms with Crippen LogP contribution in [0.4, 0.5) is 0 Å². The third-order valence-electron chi connectivity index (χ3n) is 2.92. The van der Waals surface area contributed by atoms with E-state index in [1.54, 1.807) is 0 Å². The second kappa shape index (κ2) is 4.50. The quantitative estimate of drug-likeness (QED) is 0.757. The summed E-state index contributed by atoms with van der Waals surface area (Å²) in [5, 5.41) is 14.8. The fourth-order valence-corrected chi connectivity index (χ4v) is 1.93. The van der Waals surface area contributed by atoms with Crippen molar-refractivity contribution in [3.8, 4) is 0 Å². The lowest BCUT2D eigenvalue weighted by molar-refractivity contribution is 0.329. The number of tetrazole rings is 1. The Balaban J connectivity index is 1.79. The van der Waals surface area contributed by atoms with Gasteiger partial charge in [0.1, 0.15) is 5.82 Å². The summed E-state index contributed by atoms with van der Waals surface area (Å²) in [6, 6.07) is 0. The van der Waals surface area contributed by atoms with Crippen molar-refractivity contribution >= 4 is 0 Å². The molecule has 0 unspecified atom stereocenters. The van der Waals surface area contributed by atoms with Crippen LogP contribution >= 0.6 is 0 Å². The van der Waals surface area contributed by atoms with E-state index in [0.717, 1.165) is 18.3 Å². The van der Waals surface area contributed by atoms with Gasteiger partial charge in [-0.05, 0) is 55.6 Å². The Morgan fingerprint density at radius 3 is 2.86 bits per heavy atom. The highest BCUT2D eigenvalue weighted by atomic mass is 15.5. The molecular formula is C9H17N5. The fourth-order valence-electron chi connectivity index (χ4n) is 1.93. The summed E-state index contributed by atoms with van der Waals surface area (Å²) in [5.74, 6) is 1.76. The van der Waals surface area contributed by atoms with Crippen LogP contribution in [0.1, 0.15) is 25.1 Å². The van der Waals surface area contributed by atoms with E-state index in [-0.39, 0.29) is 0 Å². The van der Waals surface area contributed by atoms with Gasteiger partial charge in [0.05, 0.1) is 0 Å². The smallest absolute Gasteiger partial charge is 0.148 e. The number of rotatable bonds is 3. The SMILES string of the molecule is Cc1nnnn1CCC1CCNCC1. The third-order valence-corrected chi connectivity index (χ3v) is 2.92. The van der Waals surface area contributed by atoms with Gasteiger partial charge in [-0.3, -0.25) is 0 Å². The topological polar surface area (TPSA) is 55.6 Å². The monoisotopic (exact) mass is 195 g/mol. The molecule has 1 aliphatic rings. The Bertz CT molecular complexity index is 276. The molecule has 78 valence electrons. The van der Waals surface area contributed by atoms with Gasteiger partial charge in [0.2, 0.25) is 0 Å². The Morgan fingerprint density at radius 1 is 1.43 bits per heavy atom. The van der Waals surface area contributed by atoms with Crippen molar-refractivity contribution in [3.63, 3.8) is 0 Å². The predicted octanol–water partition coefficient (Wildman–Crippen LogP) is 0.371. The van der Waals surface area contributed by atoms with Crippen LogP contribution in [-0.4, -0.2) is 33.3 Å². The molecule has 5 nitrogen and oxygen atoms in total. The maximum Gasteiger partial charge on any atom is 0.148 e. The normalized spacial score (nSPS) is 18.6. The van der Waals surface area contributed by atoms with Crippen molar-refractivity contribution in [2.24, 2.45) is 5.92 Å². The first-order valence-corrected chi connectivity index (χ1v) is 5.30. The highest BCUT2D eigenvalue weighted by Gasteiger charge is 2.13. The van der Waals surface area contributed by atoms with Gasteiger partial charge in [0.25, 0.3) is 0 Å². The fraction of sp³-hybridized carbons (Fsp3) is 0.889. The standard InChI is InChI=1S/C9H17N5/c1-8-11-12-13-14(8)7-4-9-2-5-10-6-3-9/h9-10H,2-7H2,1H3. The summed E-state index contributed by atoms with van der Waals surface area (Å²) in [5.41, 5.74) is 0. The van der Waals surface area contributed by atoms with Crippen molar-refractivity contribution in [1.82, 2.24) is 25.5 Å². The van der Waals surface area contributed by atoms with Gasteiger partial charge in [-0.15, -0.1) is 5.10 Å². The molecule has 0 aromatic carbocycles. The number of aromatic nitrogens is 4. The first-order chi connectivity index (χ1) is 6.86. The number of nitrogens with one attached hydrogen (secondary N) is 1. The molecule has 1 aromatic heterocycles. The summed E-state index contributed by atoms with van der Waals surface area (Å²) in [4.78, 5) is 0. The van der Waals surface area contributed by atoms with Gasteiger partial charge in [0.15, 0.2) is 0 Å². The number of nitrogens with zero attached hydrogens (tertiary/aromatic N) is 4.